The van der Waals surface area contributed by atoms with Crippen LogP contribution in [0.25, 0.3) is 11.6 Å². The average Bonchev–Trinajstić information content (AvgIpc) is 3.59. The van der Waals surface area contributed by atoms with Crippen molar-refractivity contribution in [2.45, 2.75) is 25.8 Å². The molecule has 3 aromatic carbocycles. The van der Waals surface area contributed by atoms with Crippen molar-refractivity contribution in [1.29, 1.82) is 0 Å². The molecule has 1 fully saturated rings. The van der Waals surface area contributed by atoms with E-state index in [9.17, 15) is 9.59 Å². The molecule has 4 N–H and O–H groups in total. The van der Waals surface area contributed by atoms with E-state index in [2.05, 4.69) is 10.6 Å². The lowest BCUT2D eigenvalue weighted by Gasteiger charge is -2.10. The van der Waals surface area contributed by atoms with Crippen molar-refractivity contribution in [3.63, 3.8) is 0 Å². The van der Waals surface area contributed by atoms with E-state index >= 15 is 0 Å². The van der Waals surface area contributed by atoms with Crippen molar-refractivity contribution in [2.75, 3.05) is 11.1 Å². The lowest BCUT2D eigenvalue weighted by atomic mass is 10.00. The van der Waals surface area contributed by atoms with E-state index < -0.39 is 0 Å². The predicted octanol–water partition coefficient (Wildman–Crippen LogP) is 4.65. The third-order valence-corrected chi connectivity index (χ3v) is 5.21. The Morgan fingerprint density at radius 3 is 2.19 bits per heavy atom. The Morgan fingerprint density at radius 2 is 1.55 bits per heavy atom. The molecule has 0 atom stereocenters. The minimum Gasteiger partial charge on any atom is -0.397 e. The van der Waals surface area contributed by atoms with E-state index in [1.807, 2.05) is 61.5 Å². The Balaban J connectivity index is 1.56. The van der Waals surface area contributed by atoms with Crippen LogP contribution in [0, 0.1) is 6.92 Å². The van der Waals surface area contributed by atoms with E-state index in [-0.39, 0.29) is 17.9 Å². The van der Waals surface area contributed by atoms with Crippen molar-refractivity contribution in [3.8, 4) is 0 Å². The molecule has 5 nitrogen and oxygen atoms in total. The van der Waals surface area contributed by atoms with Gasteiger partial charge in [0.25, 0.3) is 11.8 Å². The molecular weight excluding hydrogens is 386 g/mol. The van der Waals surface area contributed by atoms with Crippen LogP contribution in [-0.4, -0.2) is 17.9 Å². The predicted molar refractivity (Wildman–Crippen MR) is 125 cm³/mol. The molecule has 1 saturated carbocycles. The van der Waals surface area contributed by atoms with Gasteiger partial charge in [-0.2, -0.15) is 0 Å². The summed E-state index contributed by atoms with van der Waals surface area (Å²) in [5.41, 5.74) is 11.0. The standard InChI is InChI=1S/C26H25N3O2/c1-17-6-10-19(11-7-17)22(26(31)28-21-14-15-21)16-18-8-12-20(13-9-18)25(30)29-24-5-3-2-4-23(24)27/h2-13,16,21H,14-15,27H2,1H3,(H,28,31)(H,29,30)/b22-16-. The number of rotatable bonds is 6. The first-order valence-corrected chi connectivity index (χ1v) is 10.3. The van der Waals surface area contributed by atoms with Gasteiger partial charge in [0, 0.05) is 17.2 Å². The first-order valence-electron chi connectivity index (χ1n) is 10.3. The maximum absolute atomic E-state index is 12.8. The molecule has 0 aromatic heterocycles. The number of hydrogen-bond donors (Lipinski definition) is 3. The summed E-state index contributed by atoms with van der Waals surface area (Å²) < 4.78 is 0. The van der Waals surface area contributed by atoms with Crippen molar-refractivity contribution >= 4 is 34.8 Å². The number of nitrogen functional groups attached to an aromatic ring is 1. The number of para-hydroxylation sites is 2. The van der Waals surface area contributed by atoms with E-state index in [4.69, 9.17) is 5.73 Å². The lowest BCUT2D eigenvalue weighted by molar-refractivity contribution is -0.115. The lowest BCUT2D eigenvalue weighted by Crippen LogP contribution is -2.26. The van der Waals surface area contributed by atoms with Crippen LogP contribution in [0.5, 0.6) is 0 Å². The number of amides is 2. The molecule has 0 heterocycles. The Bertz CT molecular complexity index is 1130. The van der Waals surface area contributed by atoms with E-state index in [0.29, 0.717) is 22.5 Å². The first kappa shape index (κ1) is 20.4. The number of benzene rings is 3. The highest BCUT2D eigenvalue weighted by atomic mass is 16.2. The zero-order valence-electron chi connectivity index (χ0n) is 17.4. The van der Waals surface area contributed by atoms with E-state index in [0.717, 1.165) is 29.5 Å². The molecule has 0 saturated heterocycles. The topological polar surface area (TPSA) is 84.2 Å². The number of aryl methyl sites for hydroxylation is 1. The number of nitrogens with two attached hydrogens (primary N) is 1. The largest absolute Gasteiger partial charge is 0.397 e. The van der Waals surface area contributed by atoms with Crippen LogP contribution < -0.4 is 16.4 Å². The van der Waals surface area contributed by atoms with Crippen molar-refractivity contribution in [2.24, 2.45) is 0 Å². The van der Waals surface area contributed by atoms with Crippen LogP contribution in [0.15, 0.2) is 72.8 Å². The Morgan fingerprint density at radius 1 is 0.903 bits per heavy atom. The SMILES string of the molecule is Cc1ccc(/C(=C/c2ccc(C(=O)Nc3ccccc3N)cc2)C(=O)NC2CC2)cc1. The number of anilines is 2. The van der Waals surface area contributed by atoms with E-state index in [1.165, 1.54) is 0 Å². The van der Waals surface area contributed by atoms with Crippen molar-refractivity contribution < 1.29 is 9.59 Å². The number of hydrogen-bond acceptors (Lipinski definition) is 3. The molecule has 2 amide bonds. The zero-order chi connectivity index (χ0) is 21.8. The molecule has 4 rings (SSSR count). The smallest absolute Gasteiger partial charge is 0.255 e. The van der Waals surface area contributed by atoms with Gasteiger partial charge in [-0.25, -0.2) is 0 Å². The second-order valence-electron chi connectivity index (χ2n) is 7.84. The molecule has 0 aliphatic heterocycles. The van der Waals surface area contributed by atoms with Gasteiger partial charge in [0.1, 0.15) is 0 Å². The van der Waals surface area contributed by atoms with Gasteiger partial charge >= 0.3 is 0 Å². The number of carbonyl (C=O) groups is 2. The van der Waals surface area contributed by atoms with Gasteiger partial charge in [-0.3, -0.25) is 9.59 Å². The molecule has 3 aromatic rings. The highest BCUT2D eigenvalue weighted by molar-refractivity contribution is 6.24. The summed E-state index contributed by atoms with van der Waals surface area (Å²) >= 11 is 0. The molecule has 1 aliphatic rings. The Hall–Kier alpha value is -3.86. The van der Waals surface area contributed by atoms with Crippen LogP contribution in [0.2, 0.25) is 0 Å². The van der Waals surface area contributed by atoms with Crippen molar-refractivity contribution in [1.82, 2.24) is 5.32 Å². The minimum absolute atomic E-state index is 0.0762. The molecule has 156 valence electrons. The van der Waals surface area contributed by atoms with Gasteiger partial charge in [-0.05, 0) is 61.2 Å². The molecule has 5 heteroatoms. The molecule has 0 spiro atoms. The van der Waals surface area contributed by atoms with Crippen LogP contribution in [0.4, 0.5) is 11.4 Å². The maximum Gasteiger partial charge on any atom is 0.255 e. The number of carbonyl (C=O) groups excluding carboxylic acids is 2. The highest BCUT2D eigenvalue weighted by Gasteiger charge is 2.25. The monoisotopic (exact) mass is 411 g/mol. The number of nitrogens with one attached hydrogen (secondary N) is 2. The summed E-state index contributed by atoms with van der Waals surface area (Å²) in [6.07, 6.45) is 3.92. The molecule has 31 heavy (non-hydrogen) atoms. The fraction of sp³-hybridized carbons (Fsp3) is 0.154. The quantitative estimate of drug-likeness (QED) is 0.314. The van der Waals surface area contributed by atoms with Gasteiger partial charge in [0.2, 0.25) is 0 Å². The van der Waals surface area contributed by atoms with Crippen LogP contribution >= 0.6 is 0 Å². The summed E-state index contributed by atoms with van der Waals surface area (Å²) in [4.78, 5) is 25.4. The van der Waals surface area contributed by atoms with Gasteiger partial charge in [0.05, 0.1) is 11.4 Å². The van der Waals surface area contributed by atoms with Crippen molar-refractivity contribution in [3.05, 3.63) is 95.1 Å². The third-order valence-electron chi connectivity index (χ3n) is 5.21. The Labute approximate surface area is 182 Å². The summed E-state index contributed by atoms with van der Waals surface area (Å²) in [7, 11) is 0. The van der Waals surface area contributed by atoms with Gasteiger partial charge < -0.3 is 16.4 Å². The van der Waals surface area contributed by atoms with Crippen LogP contribution in [0.1, 0.15) is 39.9 Å². The van der Waals surface area contributed by atoms with Crippen LogP contribution in [-0.2, 0) is 4.79 Å². The average molecular weight is 412 g/mol. The second kappa shape index (κ2) is 8.88. The van der Waals surface area contributed by atoms with Gasteiger partial charge in [-0.1, -0.05) is 54.1 Å². The molecular formula is C26H25N3O2. The summed E-state index contributed by atoms with van der Waals surface area (Å²) in [6.45, 7) is 2.02. The highest BCUT2D eigenvalue weighted by Crippen LogP contribution is 2.24. The van der Waals surface area contributed by atoms with Gasteiger partial charge in [0.15, 0.2) is 0 Å². The summed E-state index contributed by atoms with van der Waals surface area (Å²) in [6, 6.07) is 22.5. The zero-order valence-corrected chi connectivity index (χ0v) is 17.4. The van der Waals surface area contributed by atoms with E-state index in [1.54, 1.807) is 24.3 Å². The van der Waals surface area contributed by atoms with Gasteiger partial charge in [-0.15, -0.1) is 0 Å². The fourth-order valence-electron chi connectivity index (χ4n) is 3.21. The third kappa shape index (κ3) is 5.20. The molecule has 0 unspecified atom stereocenters. The summed E-state index contributed by atoms with van der Waals surface area (Å²) in [5.74, 6) is -0.314. The molecule has 1 aliphatic carbocycles. The Kier molecular flexibility index (Phi) is 5.85. The van der Waals surface area contributed by atoms with Crippen LogP contribution in [0.3, 0.4) is 0 Å². The normalized spacial score (nSPS) is 13.5. The minimum atomic E-state index is -0.237. The maximum atomic E-state index is 12.8. The fourth-order valence-corrected chi connectivity index (χ4v) is 3.21. The molecule has 0 radical (unpaired) electrons. The summed E-state index contributed by atoms with van der Waals surface area (Å²) in [5, 5.41) is 5.89. The second-order valence-corrected chi connectivity index (χ2v) is 7.84. The first-order chi connectivity index (χ1) is 15.0. The molecule has 0 bridgehead atoms.